The van der Waals surface area contributed by atoms with E-state index in [4.69, 9.17) is 0 Å². The Morgan fingerprint density at radius 2 is 1.94 bits per heavy atom. The Hall–Kier alpha value is -0.860. The summed E-state index contributed by atoms with van der Waals surface area (Å²) in [5.41, 5.74) is 1.15. The number of benzene rings is 1. The van der Waals surface area contributed by atoms with Crippen LogP contribution in [-0.4, -0.2) is 15.8 Å². The van der Waals surface area contributed by atoms with Crippen LogP contribution in [0.25, 0.3) is 0 Å². The average molecular weight is 234 g/mol. The molecule has 17 heavy (non-hydrogen) atoms. The predicted octanol–water partition coefficient (Wildman–Crippen LogP) is 2.98. The van der Waals surface area contributed by atoms with Gasteiger partial charge in [-0.2, -0.15) is 0 Å². The number of aliphatic hydroxyl groups excluding tert-OH is 1. The van der Waals surface area contributed by atoms with Crippen LogP contribution in [-0.2, 0) is 6.42 Å². The third-order valence-electron chi connectivity index (χ3n) is 3.90. The van der Waals surface area contributed by atoms with Crippen molar-refractivity contribution < 1.29 is 10.2 Å². The third-order valence-corrected chi connectivity index (χ3v) is 3.90. The third kappa shape index (κ3) is 2.70. The predicted molar refractivity (Wildman–Crippen MR) is 68.8 cm³/mol. The first-order valence-corrected chi connectivity index (χ1v) is 6.65. The Labute approximate surface area is 103 Å². The van der Waals surface area contributed by atoms with Crippen LogP contribution < -0.4 is 0 Å². The monoisotopic (exact) mass is 234 g/mol. The summed E-state index contributed by atoms with van der Waals surface area (Å²) in [7, 11) is 0. The highest BCUT2D eigenvalue weighted by atomic mass is 16.3. The van der Waals surface area contributed by atoms with Crippen molar-refractivity contribution in [1.29, 1.82) is 0 Å². The summed E-state index contributed by atoms with van der Waals surface area (Å²) >= 11 is 0. The summed E-state index contributed by atoms with van der Waals surface area (Å²) in [6.45, 7) is 2.10. The van der Waals surface area contributed by atoms with Crippen LogP contribution in [0, 0.1) is 0 Å². The molecule has 0 heterocycles. The van der Waals surface area contributed by atoms with Crippen molar-refractivity contribution in [3.63, 3.8) is 0 Å². The molecule has 1 saturated carbocycles. The normalized spacial score (nSPS) is 21.1. The quantitative estimate of drug-likeness (QED) is 0.844. The van der Waals surface area contributed by atoms with Gasteiger partial charge in [0.15, 0.2) is 0 Å². The maximum atomic E-state index is 10.5. The number of aryl methyl sites for hydroxylation is 1. The molecule has 2 N–H and O–H groups in total. The summed E-state index contributed by atoms with van der Waals surface area (Å²) in [6.07, 6.45) is 4.84. The van der Waals surface area contributed by atoms with Crippen molar-refractivity contribution >= 4 is 0 Å². The van der Waals surface area contributed by atoms with Crippen LogP contribution in [0.2, 0.25) is 0 Å². The Bertz CT molecular complexity index is 367. The topological polar surface area (TPSA) is 40.5 Å². The van der Waals surface area contributed by atoms with E-state index in [0.29, 0.717) is 12.8 Å². The van der Waals surface area contributed by atoms with E-state index in [0.717, 1.165) is 24.8 Å². The molecule has 1 aromatic rings. The molecule has 0 saturated heterocycles. The minimum absolute atomic E-state index is 0.713. The van der Waals surface area contributed by atoms with E-state index in [1.165, 1.54) is 12.0 Å². The van der Waals surface area contributed by atoms with Crippen LogP contribution >= 0.6 is 0 Å². The molecule has 94 valence electrons. The highest BCUT2D eigenvalue weighted by molar-refractivity contribution is 5.27. The van der Waals surface area contributed by atoms with E-state index in [1.54, 1.807) is 0 Å². The Balaban J connectivity index is 2.19. The highest BCUT2D eigenvalue weighted by Crippen LogP contribution is 2.38. The van der Waals surface area contributed by atoms with Gasteiger partial charge >= 0.3 is 0 Å². The number of hydrogen-bond acceptors (Lipinski definition) is 2. The molecule has 2 heteroatoms. The summed E-state index contributed by atoms with van der Waals surface area (Å²) < 4.78 is 0. The Morgan fingerprint density at radius 3 is 2.59 bits per heavy atom. The van der Waals surface area contributed by atoms with Crippen LogP contribution in [0.5, 0.6) is 0 Å². The summed E-state index contributed by atoms with van der Waals surface area (Å²) in [4.78, 5) is 0. The molecule has 1 aromatic carbocycles. The zero-order valence-corrected chi connectivity index (χ0v) is 10.5. The molecule has 1 atom stereocenters. The van der Waals surface area contributed by atoms with Crippen LogP contribution in [0.3, 0.4) is 0 Å². The van der Waals surface area contributed by atoms with Gasteiger partial charge in [0.25, 0.3) is 0 Å². The molecular weight excluding hydrogens is 212 g/mol. The van der Waals surface area contributed by atoms with Crippen LogP contribution in [0.4, 0.5) is 0 Å². The first-order valence-electron chi connectivity index (χ1n) is 6.65. The molecule has 2 rings (SSSR count). The van der Waals surface area contributed by atoms with Crippen LogP contribution in [0.1, 0.15) is 56.3 Å². The van der Waals surface area contributed by atoms with Gasteiger partial charge in [-0.3, -0.25) is 0 Å². The molecule has 0 aromatic heterocycles. The van der Waals surface area contributed by atoms with Gasteiger partial charge in [0, 0.05) is 0 Å². The summed E-state index contributed by atoms with van der Waals surface area (Å²) in [6, 6.07) is 7.94. The van der Waals surface area contributed by atoms with E-state index in [2.05, 4.69) is 13.0 Å². The molecule has 0 radical (unpaired) electrons. The maximum absolute atomic E-state index is 10.5. The molecule has 0 aliphatic heterocycles. The summed E-state index contributed by atoms with van der Waals surface area (Å²) in [5, 5.41) is 20.9. The van der Waals surface area contributed by atoms with E-state index in [1.807, 2.05) is 18.2 Å². The molecule has 0 amide bonds. The SMILES string of the molecule is CCc1cccc(C(O)C2(O)CCCCC2)c1. The van der Waals surface area contributed by atoms with Gasteiger partial charge in [-0.15, -0.1) is 0 Å². The molecule has 0 spiro atoms. The van der Waals surface area contributed by atoms with E-state index >= 15 is 0 Å². The van der Waals surface area contributed by atoms with Crippen molar-refractivity contribution in [2.75, 3.05) is 0 Å². The number of aliphatic hydroxyl groups is 2. The van der Waals surface area contributed by atoms with Crippen molar-refractivity contribution in [3.8, 4) is 0 Å². The summed E-state index contributed by atoms with van der Waals surface area (Å²) in [5.74, 6) is 0. The first-order chi connectivity index (χ1) is 8.15. The lowest BCUT2D eigenvalue weighted by molar-refractivity contribution is -0.0991. The molecular formula is C15H22O2. The molecule has 0 bridgehead atoms. The van der Waals surface area contributed by atoms with E-state index in [-0.39, 0.29) is 0 Å². The standard InChI is InChI=1S/C15H22O2/c1-2-12-7-6-8-13(11-12)14(16)15(17)9-4-3-5-10-15/h6-8,11,14,16-17H,2-5,9-10H2,1H3. The van der Waals surface area contributed by atoms with Gasteiger partial charge in [0.05, 0.1) is 5.60 Å². The van der Waals surface area contributed by atoms with Gasteiger partial charge in [0.2, 0.25) is 0 Å². The smallest absolute Gasteiger partial charge is 0.108 e. The zero-order valence-electron chi connectivity index (χ0n) is 10.5. The number of rotatable bonds is 3. The molecule has 1 fully saturated rings. The molecule has 1 unspecified atom stereocenters. The Kier molecular flexibility index (Phi) is 3.85. The molecule has 1 aliphatic carbocycles. The second kappa shape index (κ2) is 5.19. The highest BCUT2D eigenvalue weighted by Gasteiger charge is 2.37. The fraction of sp³-hybridized carbons (Fsp3) is 0.600. The maximum Gasteiger partial charge on any atom is 0.108 e. The second-order valence-corrected chi connectivity index (χ2v) is 5.17. The van der Waals surface area contributed by atoms with Crippen molar-refractivity contribution in [3.05, 3.63) is 35.4 Å². The second-order valence-electron chi connectivity index (χ2n) is 5.17. The number of hydrogen-bond donors (Lipinski definition) is 2. The Morgan fingerprint density at radius 1 is 1.24 bits per heavy atom. The van der Waals surface area contributed by atoms with E-state index in [9.17, 15) is 10.2 Å². The van der Waals surface area contributed by atoms with Crippen molar-refractivity contribution in [2.24, 2.45) is 0 Å². The van der Waals surface area contributed by atoms with Gasteiger partial charge in [-0.05, 0) is 30.4 Å². The lowest BCUT2D eigenvalue weighted by Gasteiger charge is -2.36. The average Bonchev–Trinajstić information content (AvgIpc) is 2.39. The van der Waals surface area contributed by atoms with Crippen molar-refractivity contribution in [2.45, 2.75) is 57.2 Å². The largest absolute Gasteiger partial charge is 0.387 e. The lowest BCUT2D eigenvalue weighted by Crippen LogP contribution is -2.38. The van der Waals surface area contributed by atoms with Gasteiger partial charge < -0.3 is 10.2 Å². The molecule has 2 nitrogen and oxygen atoms in total. The van der Waals surface area contributed by atoms with Gasteiger partial charge in [0.1, 0.15) is 6.10 Å². The molecule has 1 aliphatic rings. The zero-order chi connectivity index (χ0) is 12.3. The fourth-order valence-electron chi connectivity index (χ4n) is 2.73. The van der Waals surface area contributed by atoms with Crippen molar-refractivity contribution in [1.82, 2.24) is 0 Å². The van der Waals surface area contributed by atoms with Gasteiger partial charge in [-0.25, -0.2) is 0 Å². The lowest BCUT2D eigenvalue weighted by atomic mass is 9.78. The van der Waals surface area contributed by atoms with Gasteiger partial charge in [-0.1, -0.05) is 50.5 Å². The minimum Gasteiger partial charge on any atom is -0.387 e. The van der Waals surface area contributed by atoms with Crippen LogP contribution in [0.15, 0.2) is 24.3 Å². The van der Waals surface area contributed by atoms with E-state index < -0.39 is 11.7 Å². The minimum atomic E-state index is -0.912. The fourth-order valence-corrected chi connectivity index (χ4v) is 2.73. The first kappa shape index (κ1) is 12.6.